The van der Waals surface area contributed by atoms with Gasteiger partial charge in [-0.3, -0.25) is 9.69 Å². The Bertz CT molecular complexity index is 586. The first-order chi connectivity index (χ1) is 12.3. The van der Waals surface area contributed by atoms with Crippen LogP contribution in [0.3, 0.4) is 0 Å². The molecule has 1 aromatic carbocycles. The van der Waals surface area contributed by atoms with Gasteiger partial charge in [-0.25, -0.2) is 0 Å². The van der Waals surface area contributed by atoms with Crippen molar-refractivity contribution in [2.24, 2.45) is 11.7 Å². The van der Waals surface area contributed by atoms with E-state index in [1.807, 2.05) is 0 Å². The lowest BCUT2D eigenvalue weighted by Gasteiger charge is -2.31. The number of hydrogen-bond donors (Lipinski definition) is 1. The summed E-state index contributed by atoms with van der Waals surface area (Å²) in [4.78, 5) is 17.7. The molecule has 2 atom stereocenters. The molecule has 1 saturated heterocycles. The summed E-state index contributed by atoms with van der Waals surface area (Å²) in [7, 11) is 0. The van der Waals surface area contributed by atoms with Crippen molar-refractivity contribution in [2.45, 2.75) is 56.5 Å². The van der Waals surface area contributed by atoms with Crippen LogP contribution < -0.4 is 5.73 Å². The Morgan fingerprint density at radius 1 is 1.04 bits per heavy atom. The van der Waals surface area contributed by atoms with Gasteiger partial charge in [0.1, 0.15) is 0 Å². The maximum Gasteiger partial charge on any atom is 0.237 e. The van der Waals surface area contributed by atoms with E-state index in [0.29, 0.717) is 42.9 Å². The van der Waals surface area contributed by atoms with Crippen LogP contribution in [0.1, 0.15) is 50.0 Å². The number of nitrogens with zero attached hydrogens (tertiary/aromatic N) is 2. The van der Waals surface area contributed by atoms with Crippen molar-refractivity contribution >= 4 is 18.3 Å². The highest BCUT2D eigenvalue weighted by Gasteiger charge is 2.40. The van der Waals surface area contributed by atoms with Crippen LogP contribution in [-0.2, 0) is 4.79 Å². The van der Waals surface area contributed by atoms with Crippen molar-refractivity contribution in [3.8, 4) is 0 Å². The molecule has 4 rings (SSSR count). The fourth-order valence-corrected chi connectivity index (χ4v) is 4.92. The van der Waals surface area contributed by atoms with Gasteiger partial charge >= 0.3 is 0 Å². The normalized spacial score (nSPS) is 26.7. The van der Waals surface area contributed by atoms with Crippen LogP contribution in [0.4, 0.5) is 0 Å². The molecule has 5 heteroatoms. The van der Waals surface area contributed by atoms with Crippen LogP contribution in [0, 0.1) is 5.92 Å². The summed E-state index contributed by atoms with van der Waals surface area (Å²) in [6, 6.07) is 11.7. The van der Waals surface area contributed by atoms with Crippen molar-refractivity contribution in [2.75, 3.05) is 26.2 Å². The Balaban J connectivity index is 0.00000196. The van der Waals surface area contributed by atoms with E-state index in [9.17, 15) is 4.79 Å². The standard InChI is InChI=1S/C21H31N3O.ClH/c22-12-17-13-23(14-20(17)16-6-2-1-3-7-16)15-21(25)24(19-10-11-19)18-8-4-5-9-18;/h1-3,6-7,17-20H,4-5,8-15,22H2;1H/t17-,20+;/m1./s1. The third-order valence-corrected chi connectivity index (χ3v) is 6.35. The Labute approximate surface area is 163 Å². The van der Waals surface area contributed by atoms with Gasteiger partial charge < -0.3 is 10.6 Å². The zero-order valence-electron chi connectivity index (χ0n) is 15.6. The first-order valence-electron chi connectivity index (χ1n) is 10.0. The second-order valence-corrected chi connectivity index (χ2v) is 8.18. The number of carbonyl (C=O) groups excluding carboxylic acids is 1. The number of nitrogens with two attached hydrogens (primary N) is 1. The zero-order valence-corrected chi connectivity index (χ0v) is 16.4. The molecule has 144 valence electrons. The van der Waals surface area contributed by atoms with Crippen molar-refractivity contribution in [3.05, 3.63) is 35.9 Å². The van der Waals surface area contributed by atoms with E-state index in [4.69, 9.17) is 5.73 Å². The lowest BCUT2D eigenvalue weighted by atomic mass is 9.89. The monoisotopic (exact) mass is 377 g/mol. The van der Waals surface area contributed by atoms with Crippen molar-refractivity contribution in [3.63, 3.8) is 0 Å². The Kier molecular flexibility index (Phi) is 6.60. The Morgan fingerprint density at radius 2 is 1.69 bits per heavy atom. The van der Waals surface area contributed by atoms with E-state index in [1.54, 1.807) is 0 Å². The van der Waals surface area contributed by atoms with Crippen LogP contribution in [0.25, 0.3) is 0 Å². The minimum absolute atomic E-state index is 0. The second kappa shape index (κ2) is 8.73. The van der Waals surface area contributed by atoms with E-state index in [0.717, 1.165) is 13.1 Å². The molecule has 3 aliphatic rings. The van der Waals surface area contributed by atoms with Gasteiger partial charge in [-0.1, -0.05) is 43.2 Å². The summed E-state index contributed by atoms with van der Waals surface area (Å²) in [5, 5.41) is 0. The van der Waals surface area contributed by atoms with Crippen molar-refractivity contribution in [1.29, 1.82) is 0 Å². The molecule has 1 aliphatic heterocycles. The largest absolute Gasteiger partial charge is 0.336 e. The van der Waals surface area contributed by atoms with Gasteiger partial charge in [0.05, 0.1) is 6.54 Å². The SMILES string of the molecule is Cl.NC[C@@H]1CN(CC(=O)N(C2CCCC2)C2CC2)C[C@H]1c1ccccc1. The van der Waals surface area contributed by atoms with Crippen LogP contribution in [-0.4, -0.2) is 54.0 Å². The number of hydrogen-bond acceptors (Lipinski definition) is 3. The number of benzene rings is 1. The van der Waals surface area contributed by atoms with Gasteiger partial charge in [0, 0.05) is 31.1 Å². The molecule has 26 heavy (non-hydrogen) atoms. The molecule has 2 aliphatic carbocycles. The molecular formula is C21H32ClN3O. The average Bonchev–Trinajstić information content (AvgIpc) is 3.15. The first kappa shape index (κ1) is 19.7. The number of halogens is 1. The molecule has 3 fully saturated rings. The van der Waals surface area contributed by atoms with Crippen LogP contribution >= 0.6 is 12.4 Å². The first-order valence-corrected chi connectivity index (χ1v) is 10.0. The molecule has 4 nitrogen and oxygen atoms in total. The van der Waals surface area contributed by atoms with Gasteiger partial charge in [0.2, 0.25) is 5.91 Å². The molecule has 0 bridgehead atoms. The fraction of sp³-hybridized carbons (Fsp3) is 0.667. The molecule has 1 amide bonds. The highest BCUT2D eigenvalue weighted by atomic mass is 35.5. The van der Waals surface area contributed by atoms with E-state index < -0.39 is 0 Å². The van der Waals surface area contributed by atoms with Gasteiger partial charge in [0.15, 0.2) is 0 Å². The topological polar surface area (TPSA) is 49.6 Å². The smallest absolute Gasteiger partial charge is 0.237 e. The number of amides is 1. The minimum atomic E-state index is 0. The maximum absolute atomic E-state index is 13.1. The van der Waals surface area contributed by atoms with E-state index in [1.165, 1.54) is 44.1 Å². The minimum Gasteiger partial charge on any atom is -0.336 e. The number of rotatable bonds is 6. The van der Waals surface area contributed by atoms with Crippen molar-refractivity contribution < 1.29 is 4.79 Å². The highest BCUT2D eigenvalue weighted by molar-refractivity contribution is 5.85. The number of carbonyl (C=O) groups is 1. The molecule has 0 radical (unpaired) electrons. The lowest BCUT2D eigenvalue weighted by Crippen LogP contribution is -2.45. The Hall–Kier alpha value is -1.10. The molecule has 2 saturated carbocycles. The average molecular weight is 378 g/mol. The fourth-order valence-electron chi connectivity index (χ4n) is 4.92. The maximum atomic E-state index is 13.1. The molecule has 2 N–H and O–H groups in total. The summed E-state index contributed by atoms with van der Waals surface area (Å²) in [5.74, 6) is 1.27. The van der Waals surface area contributed by atoms with Crippen LogP contribution in [0.2, 0.25) is 0 Å². The highest BCUT2D eigenvalue weighted by Crippen LogP contribution is 2.36. The second-order valence-electron chi connectivity index (χ2n) is 8.18. The molecule has 1 heterocycles. The summed E-state index contributed by atoms with van der Waals surface area (Å²) >= 11 is 0. The van der Waals surface area contributed by atoms with Gasteiger partial charge in [-0.2, -0.15) is 0 Å². The molecule has 1 aromatic rings. The van der Waals surface area contributed by atoms with Gasteiger partial charge in [-0.15, -0.1) is 12.4 Å². The van der Waals surface area contributed by atoms with Crippen LogP contribution in [0.5, 0.6) is 0 Å². The predicted octanol–water partition coefficient (Wildman–Crippen LogP) is 3.02. The molecule has 0 unspecified atom stereocenters. The summed E-state index contributed by atoms with van der Waals surface area (Å²) < 4.78 is 0. The Morgan fingerprint density at radius 3 is 2.31 bits per heavy atom. The van der Waals surface area contributed by atoms with Crippen LogP contribution in [0.15, 0.2) is 30.3 Å². The predicted molar refractivity (Wildman–Crippen MR) is 108 cm³/mol. The summed E-state index contributed by atoms with van der Waals surface area (Å²) in [6.07, 6.45) is 7.41. The van der Waals surface area contributed by atoms with Gasteiger partial charge in [-0.05, 0) is 43.7 Å². The van der Waals surface area contributed by atoms with Crippen molar-refractivity contribution in [1.82, 2.24) is 9.80 Å². The lowest BCUT2D eigenvalue weighted by molar-refractivity contribution is -0.135. The molecular weight excluding hydrogens is 346 g/mol. The third-order valence-electron chi connectivity index (χ3n) is 6.35. The quantitative estimate of drug-likeness (QED) is 0.829. The summed E-state index contributed by atoms with van der Waals surface area (Å²) in [5.41, 5.74) is 7.41. The van der Waals surface area contributed by atoms with E-state index >= 15 is 0 Å². The molecule has 0 aromatic heterocycles. The van der Waals surface area contributed by atoms with E-state index in [2.05, 4.69) is 40.1 Å². The summed E-state index contributed by atoms with van der Waals surface area (Å²) in [6.45, 7) is 3.18. The zero-order chi connectivity index (χ0) is 17.2. The van der Waals surface area contributed by atoms with Gasteiger partial charge in [0.25, 0.3) is 0 Å². The van der Waals surface area contributed by atoms with E-state index in [-0.39, 0.29) is 12.4 Å². The molecule has 0 spiro atoms. The number of likely N-dealkylation sites (tertiary alicyclic amines) is 1. The third kappa shape index (κ3) is 4.24.